The third-order valence-corrected chi connectivity index (χ3v) is 6.33. The van der Waals surface area contributed by atoms with Gasteiger partial charge in [0.05, 0.1) is 35.3 Å². The summed E-state index contributed by atoms with van der Waals surface area (Å²) in [4.78, 5) is 33.3. The number of carbonyl (C=O) groups is 2. The average Bonchev–Trinajstić information content (AvgIpc) is 3.11. The van der Waals surface area contributed by atoms with E-state index in [1.165, 1.54) is 0 Å². The molecule has 7 heteroatoms. The standard InChI is InChI=1S/C20H27N3O3S/c1-4-26-20(25)15-8-7-11-23(12-15)13-18(24)22(3)14(2)19-21-16-9-5-6-10-17(16)27-19/h5-6,9-10,14-15H,4,7-8,11-13H2,1-3H3/t14-,15-/m0/s1. The molecule has 2 heterocycles. The van der Waals surface area contributed by atoms with E-state index in [-0.39, 0.29) is 23.8 Å². The smallest absolute Gasteiger partial charge is 0.310 e. The monoisotopic (exact) mass is 389 g/mol. The number of piperidine rings is 1. The van der Waals surface area contributed by atoms with Crippen LogP contribution in [0.1, 0.15) is 37.7 Å². The quantitative estimate of drug-likeness (QED) is 0.711. The molecule has 1 saturated heterocycles. The number of amides is 1. The molecule has 0 radical (unpaired) electrons. The summed E-state index contributed by atoms with van der Waals surface area (Å²) in [5.74, 6) is -0.226. The van der Waals surface area contributed by atoms with Gasteiger partial charge in [-0.25, -0.2) is 4.98 Å². The molecule has 2 aromatic rings. The summed E-state index contributed by atoms with van der Waals surface area (Å²) in [5, 5.41) is 0.940. The van der Waals surface area contributed by atoms with Gasteiger partial charge in [0.1, 0.15) is 5.01 Å². The Hall–Kier alpha value is -1.99. The first-order chi connectivity index (χ1) is 13.0. The van der Waals surface area contributed by atoms with E-state index in [1.807, 2.05) is 45.2 Å². The number of rotatable bonds is 6. The van der Waals surface area contributed by atoms with Gasteiger partial charge >= 0.3 is 5.97 Å². The topological polar surface area (TPSA) is 62.7 Å². The zero-order chi connectivity index (χ0) is 19.4. The SMILES string of the molecule is CCOC(=O)[C@H]1CCCN(CC(=O)N(C)[C@@H](C)c2nc3ccccc3s2)C1. The Morgan fingerprint density at radius 1 is 1.41 bits per heavy atom. The number of fused-ring (bicyclic) bond motifs is 1. The molecule has 1 fully saturated rings. The highest BCUT2D eigenvalue weighted by atomic mass is 32.1. The van der Waals surface area contributed by atoms with Gasteiger partial charge in [0.25, 0.3) is 0 Å². The molecule has 0 spiro atoms. The van der Waals surface area contributed by atoms with Crippen LogP contribution in [0.4, 0.5) is 0 Å². The number of esters is 1. The summed E-state index contributed by atoms with van der Waals surface area (Å²) in [6.45, 7) is 5.98. The molecular formula is C20H27N3O3S. The molecule has 2 atom stereocenters. The zero-order valence-corrected chi connectivity index (χ0v) is 17.0. The number of para-hydroxylation sites is 1. The van der Waals surface area contributed by atoms with E-state index in [2.05, 4.69) is 9.88 Å². The van der Waals surface area contributed by atoms with Gasteiger partial charge in [-0.15, -0.1) is 11.3 Å². The van der Waals surface area contributed by atoms with Crippen molar-refractivity contribution in [1.29, 1.82) is 0 Å². The number of likely N-dealkylation sites (tertiary alicyclic amines) is 1. The number of thiazole rings is 1. The number of benzene rings is 1. The van der Waals surface area contributed by atoms with Crippen molar-refractivity contribution in [2.45, 2.75) is 32.7 Å². The van der Waals surface area contributed by atoms with Gasteiger partial charge in [-0.2, -0.15) is 0 Å². The summed E-state index contributed by atoms with van der Waals surface area (Å²) in [6.07, 6.45) is 1.75. The Morgan fingerprint density at radius 2 is 2.19 bits per heavy atom. The number of ether oxygens (including phenoxy) is 1. The van der Waals surface area contributed by atoms with E-state index in [0.29, 0.717) is 19.7 Å². The third-order valence-electron chi connectivity index (χ3n) is 5.13. The minimum absolute atomic E-state index is 0.0475. The molecule has 1 aromatic heterocycles. The van der Waals surface area contributed by atoms with Gasteiger partial charge < -0.3 is 9.64 Å². The molecule has 27 heavy (non-hydrogen) atoms. The lowest BCUT2D eigenvalue weighted by Crippen LogP contribution is -2.45. The number of nitrogens with zero attached hydrogens (tertiary/aromatic N) is 3. The third kappa shape index (κ3) is 4.65. The highest BCUT2D eigenvalue weighted by Crippen LogP contribution is 2.29. The largest absolute Gasteiger partial charge is 0.466 e. The van der Waals surface area contributed by atoms with Crippen LogP contribution in [0.15, 0.2) is 24.3 Å². The lowest BCUT2D eigenvalue weighted by Gasteiger charge is -2.33. The van der Waals surface area contributed by atoms with Crippen LogP contribution in [-0.2, 0) is 14.3 Å². The van der Waals surface area contributed by atoms with E-state index in [1.54, 1.807) is 16.2 Å². The fourth-order valence-electron chi connectivity index (χ4n) is 3.40. The molecule has 6 nitrogen and oxygen atoms in total. The highest BCUT2D eigenvalue weighted by molar-refractivity contribution is 7.18. The van der Waals surface area contributed by atoms with E-state index < -0.39 is 0 Å². The van der Waals surface area contributed by atoms with Crippen molar-refractivity contribution in [1.82, 2.24) is 14.8 Å². The average molecular weight is 390 g/mol. The Kier molecular flexibility index (Phi) is 6.44. The molecule has 0 N–H and O–H groups in total. The van der Waals surface area contributed by atoms with Crippen LogP contribution in [-0.4, -0.2) is 59.9 Å². The van der Waals surface area contributed by atoms with Gasteiger partial charge in [0.2, 0.25) is 5.91 Å². The second kappa shape index (κ2) is 8.80. The van der Waals surface area contributed by atoms with Gasteiger partial charge in [0.15, 0.2) is 0 Å². The molecule has 0 aliphatic carbocycles. The molecule has 1 aliphatic rings. The second-order valence-electron chi connectivity index (χ2n) is 7.03. The maximum absolute atomic E-state index is 12.8. The maximum Gasteiger partial charge on any atom is 0.310 e. The van der Waals surface area contributed by atoms with Crippen molar-refractivity contribution in [3.63, 3.8) is 0 Å². The van der Waals surface area contributed by atoms with Crippen molar-refractivity contribution >= 4 is 33.4 Å². The van der Waals surface area contributed by atoms with Crippen molar-refractivity contribution in [2.75, 3.05) is 33.3 Å². The van der Waals surface area contributed by atoms with Crippen molar-refractivity contribution in [3.05, 3.63) is 29.3 Å². The number of likely N-dealkylation sites (N-methyl/N-ethyl adjacent to an activating group) is 1. The normalized spacial score (nSPS) is 19.0. The van der Waals surface area contributed by atoms with Gasteiger partial charge in [0, 0.05) is 13.6 Å². The van der Waals surface area contributed by atoms with E-state index >= 15 is 0 Å². The van der Waals surface area contributed by atoms with Crippen LogP contribution >= 0.6 is 11.3 Å². The first kappa shape index (κ1) is 19.8. The molecule has 146 valence electrons. The van der Waals surface area contributed by atoms with Crippen LogP contribution < -0.4 is 0 Å². The Morgan fingerprint density at radius 3 is 2.93 bits per heavy atom. The molecule has 3 rings (SSSR count). The zero-order valence-electron chi connectivity index (χ0n) is 16.2. The molecule has 1 aromatic carbocycles. The number of hydrogen-bond acceptors (Lipinski definition) is 6. The fourth-order valence-corrected chi connectivity index (χ4v) is 4.47. The van der Waals surface area contributed by atoms with E-state index in [0.717, 1.165) is 34.6 Å². The van der Waals surface area contributed by atoms with Crippen molar-refractivity contribution in [3.8, 4) is 0 Å². The predicted octanol–water partition coefficient (Wildman–Crippen LogP) is 3.09. The Balaban J connectivity index is 1.60. The first-order valence-electron chi connectivity index (χ1n) is 9.49. The van der Waals surface area contributed by atoms with Gasteiger partial charge in [-0.05, 0) is 45.4 Å². The number of hydrogen-bond donors (Lipinski definition) is 0. The summed E-state index contributed by atoms with van der Waals surface area (Å²) in [6, 6.07) is 7.93. The van der Waals surface area contributed by atoms with Gasteiger partial charge in [-0.3, -0.25) is 14.5 Å². The highest BCUT2D eigenvalue weighted by Gasteiger charge is 2.29. The van der Waals surface area contributed by atoms with Crippen LogP contribution in [0.3, 0.4) is 0 Å². The van der Waals surface area contributed by atoms with Gasteiger partial charge in [-0.1, -0.05) is 12.1 Å². The van der Waals surface area contributed by atoms with Crippen LogP contribution in [0.2, 0.25) is 0 Å². The van der Waals surface area contributed by atoms with Crippen molar-refractivity contribution in [2.24, 2.45) is 5.92 Å². The minimum atomic E-state index is -0.147. The molecule has 1 amide bonds. The maximum atomic E-state index is 12.8. The van der Waals surface area contributed by atoms with E-state index in [9.17, 15) is 9.59 Å². The molecular weight excluding hydrogens is 362 g/mol. The lowest BCUT2D eigenvalue weighted by molar-refractivity contribution is -0.150. The van der Waals surface area contributed by atoms with Crippen LogP contribution in [0, 0.1) is 5.92 Å². The summed E-state index contributed by atoms with van der Waals surface area (Å²) >= 11 is 1.63. The summed E-state index contributed by atoms with van der Waals surface area (Å²) in [5.41, 5.74) is 0.971. The second-order valence-corrected chi connectivity index (χ2v) is 8.09. The fraction of sp³-hybridized carbons (Fsp3) is 0.550. The van der Waals surface area contributed by atoms with E-state index in [4.69, 9.17) is 4.74 Å². The molecule has 1 aliphatic heterocycles. The van der Waals surface area contributed by atoms with Crippen LogP contribution in [0.5, 0.6) is 0 Å². The first-order valence-corrected chi connectivity index (χ1v) is 10.3. The van der Waals surface area contributed by atoms with Crippen LogP contribution in [0.25, 0.3) is 10.2 Å². The van der Waals surface area contributed by atoms with Crippen molar-refractivity contribution < 1.29 is 14.3 Å². The Labute approximate surface area is 164 Å². The molecule has 0 bridgehead atoms. The number of carbonyl (C=O) groups excluding carboxylic acids is 2. The Bertz CT molecular complexity index is 774. The predicted molar refractivity (Wildman–Crippen MR) is 107 cm³/mol. The number of aromatic nitrogens is 1. The molecule has 0 unspecified atom stereocenters. The summed E-state index contributed by atoms with van der Waals surface area (Å²) in [7, 11) is 1.83. The minimum Gasteiger partial charge on any atom is -0.466 e. The lowest BCUT2D eigenvalue weighted by atomic mass is 9.98. The summed E-state index contributed by atoms with van der Waals surface area (Å²) < 4.78 is 6.27. The molecule has 0 saturated carbocycles.